The Labute approximate surface area is 171 Å². The van der Waals surface area contributed by atoms with Crippen LogP contribution in [0, 0.1) is 5.82 Å². The van der Waals surface area contributed by atoms with Gasteiger partial charge in [0.05, 0.1) is 10.6 Å². The van der Waals surface area contributed by atoms with Gasteiger partial charge in [-0.1, -0.05) is 36.8 Å². The number of pyridine rings is 1. The summed E-state index contributed by atoms with van der Waals surface area (Å²) < 4.78 is 29.1. The van der Waals surface area contributed by atoms with Crippen LogP contribution in [0.15, 0.2) is 47.5 Å². The van der Waals surface area contributed by atoms with E-state index in [1.54, 1.807) is 6.20 Å². The Morgan fingerprint density at radius 3 is 2.75 bits per heavy atom. The lowest BCUT2D eigenvalue weighted by Crippen LogP contribution is -2.17. The Morgan fingerprint density at radius 1 is 1.18 bits per heavy atom. The SMILES string of the molecule is O=[P+](O)OCCCNCc1cc(F)c(SCCCCCc2ccccc2)cn1. The Bertz CT molecular complexity index is 722. The molecule has 0 saturated carbocycles. The maximum absolute atomic E-state index is 14.2. The van der Waals surface area contributed by atoms with Gasteiger partial charge in [-0.3, -0.25) is 4.98 Å². The molecule has 2 aromatic rings. The van der Waals surface area contributed by atoms with Crippen LogP contribution in [0.25, 0.3) is 0 Å². The monoisotopic (exact) mass is 425 g/mol. The van der Waals surface area contributed by atoms with Crippen molar-refractivity contribution in [2.24, 2.45) is 0 Å². The fourth-order valence-electron chi connectivity index (χ4n) is 2.65. The number of aryl methyl sites for hydroxylation is 1. The first kappa shape index (κ1) is 22.9. The van der Waals surface area contributed by atoms with Gasteiger partial charge in [-0.2, -0.15) is 0 Å². The molecule has 28 heavy (non-hydrogen) atoms. The summed E-state index contributed by atoms with van der Waals surface area (Å²) in [6.45, 7) is 1.26. The van der Waals surface area contributed by atoms with Crippen molar-refractivity contribution in [1.82, 2.24) is 10.3 Å². The molecule has 1 unspecified atom stereocenters. The zero-order chi connectivity index (χ0) is 20.0. The van der Waals surface area contributed by atoms with E-state index in [2.05, 4.69) is 39.1 Å². The van der Waals surface area contributed by atoms with E-state index in [1.165, 1.54) is 23.4 Å². The van der Waals surface area contributed by atoms with Gasteiger partial charge < -0.3 is 5.32 Å². The number of hydrogen-bond donors (Lipinski definition) is 2. The molecule has 0 spiro atoms. The van der Waals surface area contributed by atoms with Gasteiger partial charge in [0.15, 0.2) is 0 Å². The molecular formula is C20H27FN2O3PS+. The van der Waals surface area contributed by atoms with Crippen LogP contribution in [-0.2, 0) is 22.1 Å². The zero-order valence-electron chi connectivity index (χ0n) is 15.8. The summed E-state index contributed by atoms with van der Waals surface area (Å²) in [5.41, 5.74) is 2.00. The number of thioether (sulfide) groups is 1. The van der Waals surface area contributed by atoms with Gasteiger partial charge >= 0.3 is 8.25 Å². The maximum atomic E-state index is 14.2. The molecule has 0 aliphatic heterocycles. The average Bonchev–Trinajstić information content (AvgIpc) is 2.69. The summed E-state index contributed by atoms with van der Waals surface area (Å²) in [6, 6.07) is 11.9. The van der Waals surface area contributed by atoms with Crippen molar-refractivity contribution in [2.75, 3.05) is 18.9 Å². The van der Waals surface area contributed by atoms with Gasteiger partial charge in [0, 0.05) is 17.3 Å². The Morgan fingerprint density at radius 2 is 2.00 bits per heavy atom. The number of hydrogen-bond acceptors (Lipinski definition) is 5. The minimum atomic E-state index is -2.54. The van der Waals surface area contributed by atoms with E-state index >= 15 is 0 Å². The molecule has 0 aliphatic rings. The predicted molar refractivity (Wildman–Crippen MR) is 111 cm³/mol. The van der Waals surface area contributed by atoms with E-state index < -0.39 is 8.25 Å². The van der Waals surface area contributed by atoms with E-state index in [9.17, 15) is 8.96 Å². The summed E-state index contributed by atoms with van der Waals surface area (Å²) >= 11 is 1.51. The number of rotatable bonds is 14. The van der Waals surface area contributed by atoms with Crippen molar-refractivity contribution in [3.8, 4) is 0 Å². The minimum absolute atomic E-state index is 0.210. The molecule has 152 valence electrons. The summed E-state index contributed by atoms with van der Waals surface area (Å²) in [7, 11) is -2.54. The lowest BCUT2D eigenvalue weighted by Gasteiger charge is -2.07. The van der Waals surface area contributed by atoms with Crippen molar-refractivity contribution in [3.63, 3.8) is 0 Å². The van der Waals surface area contributed by atoms with Gasteiger partial charge in [0.25, 0.3) is 0 Å². The maximum Gasteiger partial charge on any atom is 0.694 e. The second kappa shape index (κ2) is 13.7. The molecule has 5 nitrogen and oxygen atoms in total. The number of unbranched alkanes of at least 4 members (excludes halogenated alkanes) is 2. The van der Waals surface area contributed by atoms with E-state index in [0.29, 0.717) is 30.1 Å². The third kappa shape index (κ3) is 9.71. The molecular weight excluding hydrogens is 398 g/mol. The highest BCUT2D eigenvalue weighted by atomic mass is 32.2. The van der Waals surface area contributed by atoms with Crippen LogP contribution in [0.2, 0.25) is 0 Å². The lowest BCUT2D eigenvalue weighted by molar-refractivity contribution is 0.276. The van der Waals surface area contributed by atoms with Crippen LogP contribution in [0.4, 0.5) is 4.39 Å². The minimum Gasteiger partial charge on any atom is -0.311 e. The van der Waals surface area contributed by atoms with E-state index in [0.717, 1.165) is 31.4 Å². The molecule has 1 atom stereocenters. The van der Waals surface area contributed by atoms with Crippen LogP contribution in [0.3, 0.4) is 0 Å². The number of aromatic nitrogens is 1. The zero-order valence-corrected chi connectivity index (χ0v) is 17.6. The van der Waals surface area contributed by atoms with Crippen molar-refractivity contribution >= 4 is 20.0 Å². The molecule has 0 saturated heterocycles. The smallest absolute Gasteiger partial charge is 0.311 e. The molecule has 8 heteroatoms. The Hall–Kier alpha value is -1.37. The van der Waals surface area contributed by atoms with Gasteiger partial charge in [-0.05, 0) is 49.6 Å². The summed E-state index contributed by atoms with van der Waals surface area (Å²) in [5, 5.41) is 3.11. The van der Waals surface area contributed by atoms with Gasteiger partial charge in [-0.25, -0.2) is 4.39 Å². The van der Waals surface area contributed by atoms with Crippen LogP contribution in [0.5, 0.6) is 0 Å². The first-order chi connectivity index (χ1) is 13.6. The largest absolute Gasteiger partial charge is 0.694 e. The Balaban J connectivity index is 1.58. The van der Waals surface area contributed by atoms with Crippen molar-refractivity contribution in [2.45, 2.75) is 43.5 Å². The molecule has 0 amide bonds. The van der Waals surface area contributed by atoms with Gasteiger partial charge in [0.2, 0.25) is 0 Å². The van der Waals surface area contributed by atoms with Gasteiger partial charge in [-0.15, -0.1) is 21.2 Å². The van der Waals surface area contributed by atoms with Gasteiger partial charge in [0.1, 0.15) is 12.4 Å². The lowest BCUT2D eigenvalue weighted by atomic mass is 10.1. The van der Waals surface area contributed by atoms with Crippen LogP contribution < -0.4 is 5.32 Å². The molecule has 1 heterocycles. The fourth-order valence-corrected chi connectivity index (χ4v) is 3.83. The second-order valence-corrected chi connectivity index (χ2v) is 8.22. The van der Waals surface area contributed by atoms with E-state index in [-0.39, 0.29) is 12.4 Å². The molecule has 1 aromatic heterocycles. The number of nitrogens with zero attached hydrogens (tertiary/aromatic N) is 1. The number of nitrogens with one attached hydrogen (secondary N) is 1. The highest BCUT2D eigenvalue weighted by Crippen LogP contribution is 2.23. The quantitative estimate of drug-likeness (QED) is 0.256. The van der Waals surface area contributed by atoms with Crippen molar-refractivity contribution in [1.29, 1.82) is 0 Å². The normalized spacial score (nSPS) is 11.6. The third-order valence-corrected chi connectivity index (χ3v) is 5.60. The van der Waals surface area contributed by atoms with E-state index in [4.69, 9.17) is 4.89 Å². The van der Waals surface area contributed by atoms with Crippen LogP contribution >= 0.6 is 20.0 Å². The molecule has 0 aliphatic carbocycles. The van der Waals surface area contributed by atoms with Crippen LogP contribution in [0.1, 0.15) is 36.9 Å². The van der Waals surface area contributed by atoms with Crippen LogP contribution in [-0.4, -0.2) is 28.8 Å². The third-order valence-electron chi connectivity index (χ3n) is 4.09. The summed E-state index contributed by atoms with van der Waals surface area (Å²) in [4.78, 5) is 13.4. The predicted octanol–water partition coefficient (Wildman–Crippen LogP) is 4.87. The molecule has 0 radical (unpaired) electrons. The number of benzene rings is 1. The average molecular weight is 425 g/mol. The fraction of sp³-hybridized carbons (Fsp3) is 0.450. The van der Waals surface area contributed by atoms with E-state index in [1.807, 2.05) is 6.07 Å². The Kier molecular flexibility index (Phi) is 11.3. The molecule has 2 rings (SSSR count). The number of halogens is 1. The summed E-state index contributed by atoms with van der Waals surface area (Å²) in [5.74, 6) is 0.652. The highest BCUT2D eigenvalue weighted by Gasteiger charge is 2.10. The molecule has 2 N–H and O–H groups in total. The molecule has 0 fully saturated rings. The molecule has 1 aromatic carbocycles. The first-order valence-corrected chi connectivity index (χ1v) is 11.6. The van der Waals surface area contributed by atoms with Crippen molar-refractivity contribution in [3.05, 3.63) is 59.7 Å². The topological polar surface area (TPSA) is 71.5 Å². The first-order valence-electron chi connectivity index (χ1n) is 9.46. The molecule has 0 bridgehead atoms. The second-order valence-electron chi connectivity index (χ2n) is 6.35. The standard InChI is InChI=1S/C20H26FN2O3PS/c21-19-14-18(15-22-11-7-12-26-27(24)25)23-16-20(19)28-13-6-2-5-10-17-8-3-1-4-9-17/h1,3-4,8-9,14,16,22H,2,5-7,10-13,15H2/p+1. The highest BCUT2D eigenvalue weighted by molar-refractivity contribution is 7.99. The van der Waals surface area contributed by atoms with Crippen molar-refractivity contribution < 1.29 is 18.4 Å². The summed E-state index contributed by atoms with van der Waals surface area (Å²) in [6.07, 6.45) is 6.63.